The fraction of sp³-hybridized carbons (Fsp3) is 0.250. The molecule has 0 bridgehead atoms. The highest BCUT2D eigenvalue weighted by molar-refractivity contribution is 6.30. The second-order valence-electron chi connectivity index (χ2n) is 6.89. The van der Waals surface area contributed by atoms with Crippen LogP contribution < -0.4 is 10.1 Å². The van der Waals surface area contributed by atoms with E-state index in [9.17, 15) is 4.39 Å². The number of halogens is 2. The SMILES string of the molecule is COc1ccc([C@@H](C)NCC[C@H](c2ccc(F)cc2)c2ccc(Cl)cc2)cc1. The lowest BCUT2D eigenvalue weighted by atomic mass is 9.88. The standard InChI is InChI=1S/C24H25ClFNO/c1-17(18-7-13-23(28-2)14-8-18)27-16-15-24(19-3-9-21(25)10-4-19)20-5-11-22(26)12-6-20/h3-14,17,24,27H,15-16H2,1-2H3/t17-,24+/m1/s1. The predicted octanol–water partition coefficient (Wildman–Crippen LogP) is 6.36. The van der Waals surface area contributed by atoms with Gasteiger partial charge in [0, 0.05) is 17.0 Å². The van der Waals surface area contributed by atoms with E-state index in [-0.39, 0.29) is 17.8 Å². The minimum atomic E-state index is -0.218. The molecule has 0 heterocycles. The third-order valence-electron chi connectivity index (χ3n) is 5.04. The lowest BCUT2D eigenvalue weighted by Crippen LogP contribution is -2.21. The van der Waals surface area contributed by atoms with Gasteiger partial charge in [0.25, 0.3) is 0 Å². The van der Waals surface area contributed by atoms with Gasteiger partial charge in [0.1, 0.15) is 11.6 Å². The molecule has 0 radical (unpaired) electrons. The van der Waals surface area contributed by atoms with Crippen molar-refractivity contribution in [1.82, 2.24) is 5.32 Å². The fourth-order valence-electron chi connectivity index (χ4n) is 3.37. The second kappa shape index (κ2) is 9.72. The molecule has 0 aliphatic carbocycles. The summed E-state index contributed by atoms with van der Waals surface area (Å²) >= 11 is 6.05. The fourth-order valence-corrected chi connectivity index (χ4v) is 3.50. The molecule has 0 aromatic heterocycles. The van der Waals surface area contributed by atoms with Crippen molar-refractivity contribution in [2.75, 3.05) is 13.7 Å². The number of hydrogen-bond acceptors (Lipinski definition) is 2. The van der Waals surface area contributed by atoms with Crippen LogP contribution in [0.5, 0.6) is 5.75 Å². The lowest BCUT2D eigenvalue weighted by Gasteiger charge is -2.21. The summed E-state index contributed by atoms with van der Waals surface area (Å²) in [5.74, 6) is 0.813. The Hall–Kier alpha value is -2.36. The second-order valence-corrected chi connectivity index (χ2v) is 7.33. The highest BCUT2D eigenvalue weighted by Crippen LogP contribution is 2.29. The van der Waals surface area contributed by atoms with Crippen molar-refractivity contribution in [3.8, 4) is 5.75 Å². The van der Waals surface area contributed by atoms with E-state index < -0.39 is 0 Å². The van der Waals surface area contributed by atoms with Gasteiger partial charge in [-0.25, -0.2) is 4.39 Å². The first-order valence-electron chi connectivity index (χ1n) is 9.45. The van der Waals surface area contributed by atoms with Gasteiger partial charge in [-0.1, -0.05) is 48.0 Å². The molecule has 28 heavy (non-hydrogen) atoms. The van der Waals surface area contributed by atoms with Gasteiger partial charge in [-0.15, -0.1) is 0 Å². The lowest BCUT2D eigenvalue weighted by molar-refractivity contribution is 0.414. The summed E-state index contributed by atoms with van der Waals surface area (Å²) in [4.78, 5) is 0. The van der Waals surface area contributed by atoms with Crippen LogP contribution in [0.25, 0.3) is 0 Å². The summed E-state index contributed by atoms with van der Waals surface area (Å²) in [7, 11) is 1.67. The largest absolute Gasteiger partial charge is 0.497 e. The van der Waals surface area contributed by atoms with Gasteiger partial charge in [0.15, 0.2) is 0 Å². The zero-order valence-corrected chi connectivity index (χ0v) is 16.9. The number of hydrogen-bond donors (Lipinski definition) is 1. The van der Waals surface area contributed by atoms with Crippen LogP contribution in [0.3, 0.4) is 0 Å². The Labute approximate surface area is 171 Å². The van der Waals surface area contributed by atoms with Gasteiger partial charge in [-0.2, -0.15) is 0 Å². The van der Waals surface area contributed by atoms with Crippen molar-refractivity contribution < 1.29 is 9.13 Å². The van der Waals surface area contributed by atoms with E-state index in [4.69, 9.17) is 16.3 Å². The average Bonchev–Trinajstić information content (AvgIpc) is 2.73. The normalized spacial score (nSPS) is 13.1. The number of rotatable bonds is 8. The number of methoxy groups -OCH3 is 1. The van der Waals surface area contributed by atoms with E-state index >= 15 is 0 Å². The molecule has 0 unspecified atom stereocenters. The monoisotopic (exact) mass is 397 g/mol. The maximum Gasteiger partial charge on any atom is 0.123 e. The van der Waals surface area contributed by atoms with E-state index in [0.29, 0.717) is 5.02 Å². The van der Waals surface area contributed by atoms with E-state index in [1.54, 1.807) is 7.11 Å². The van der Waals surface area contributed by atoms with Crippen molar-refractivity contribution in [2.24, 2.45) is 0 Å². The third-order valence-corrected chi connectivity index (χ3v) is 5.30. The molecular weight excluding hydrogens is 373 g/mol. The average molecular weight is 398 g/mol. The highest BCUT2D eigenvalue weighted by atomic mass is 35.5. The highest BCUT2D eigenvalue weighted by Gasteiger charge is 2.15. The maximum atomic E-state index is 13.4. The minimum Gasteiger partial charge on any atom is -0.497 e. The number of nitrogens with one attached hydrogen (secondary N) is 1. The molecule has 2 atom stereocenters. The molecule has 0 fully saturated rings. The molecule has 0 saturated heterocycles. The Balaban J connectivity index is 1.68. The van der Waals surface area contributed by atoms with E-state index in [1.165, 1.54) is 23.3 Å². The molecular formula is C24H25ClFNO. The molecule has 1 N–H and O–H groups in total. The summed E-state index contributed by atoms with van der Waals surface area (Å²) in [6.07, 6.45) is 0.897. The van der Waals surface area contributed by atoms with E-state index in [0.717, 1.165) is 24.3 Å². The van der Waals surface area contributed by atoms with Gasteiger partial charge in [0.2, 0.25) is 0 Å². The third kappa shape index (κ3) is 5.34. The first-order chi connectivity index (χ1) is 13.6. The number of benzene rings is 3. The summed E-state index contributed by atoms with van der Waals surface area (Å²) < 4.78 is 18.6. The minimum absolute atomic E-state index is 0.174. The van der Waals surface area contributed by atoms with Gasteiger partial charge < -0.3 is 10.1 Å². The van der Waals surface area contributed by atoms with Crippen molar-refractivity contribution in [3.63, 3.8) is 0 Å². The summed E-state index contributed by atoms with van der Waals surface area (Å²) in [5, 5.41) is 4.30. The van der Waals surface area contributed by atoms with Crippen molar-refractivity contribution in [3.05, 3.63) is 100 Å². The van der Waals surface area contributed by atoms with Gasteiger partial charge in [-0.05, 0) is 73.0 Å². The summed E-state index contributed by atoms with van der Waals surface area (Å²) in [5.41, 5.74) is 3.49. The molecule has 2 nitrogen and oxygen atoms in total. The van der Waals surface area contributed by atoms with Crippen LogP contribution >= 0.6 is 11.6 Å². The molecule has 3 rings (SSSR count). The zero-order valence-electron chi connectivity index (χ0n) is 16.2. The van der Waals surface area contributed by atoms with Crippen molar-refractivity contribution >= 4 is 11.6 Å². The van der Waals surface area contributed by atoms with Crippen LogP contribution in [0.2, 0.25) is 5.02 Å². The smallest absolute Gasteiger partial charge is 0.123 e. The maximum absolute atomic E-state index is 13.4. The van der Waals surface area contributed by atoms with Gasteiger partial charge >= 0.3 is 0 Å². The first-order valence-corrected chi connectivity index (χ1v) is 9.83. The van der Waals surface area contributed by atoms with Crippen LogP contribution in [0.1, 0.15) is 42.0 Å². The van der Waals surface area contributed by atoms with Crippen LogP contribution in [-0.2, 0) is 0 Å². The molecule has 3 aromatic carbocycles. The van der Waals surface area contributed by atoms with Gasteiger partial charge in [-0.3, -0.25) is 0 Å². The predicted molar refractivity (Wildman–Crippen MR) is 114 cm³/mol. The molecule has 4 heteroatoms. The molecule has 0 amide bonds. The van der Waals surface area contributed by atoms with Crippen molar-refractivity contribution in [2.45, 2.75) is 25.3 Å². The van der Waals surface area contributed by atoms with Crippen molar-refractivity contribution in [1.29, 1.82) is 0 Å². The van der Waals surface area contributed by atoms with Crippen LogP contribution in [-0.4, -0.2) is 13.7 Å². The van der Waals surface area contributed by atoms with Crippen LogP contribution in [0.15, 0.2) is 72.8 Å². The van der Waals surface area contributed by atoms with Crippen LogP contribution in [0, 0.1) is 5.82 Å². The zero-order chi connectivity index (χ0) is 19.9. The van der Waals surface area contributed by atoms with E-state index in [2.05, 4.69) is 24.4 Å². The van der Waals surface area contributed by atoms with E-state index in [1.807, 2.05) is 48.5 Å². The molecule has 0 spiro atoms. The number of ether oxygens (including phenoxy) is 1. The Morgan fingerprint density at radius 1 is 0.857 bits per heavy atom. The Bertz CT molecular complexity index is 817. The Morgan fingerprint density at radius 3 is 1.96 bits per heavy atom. The molecule has 0 saturated carbocycles. The molecule has 0 aliphatic heterocycles. The Kier molecular flexibility index (Phi) is 7.07. The van der Waals surface area contributed by atoms with Crippen LogP contribution in [0.4, 0.5) is 4.39 Å². The molecule has 0 aliphatic rings. The molecule has 3 aromatic rings. The summed E-state index contributed by atoms with van der Waals surface area (Å²) in [6, 6.07) is 23.0. The van der Waals surface area contributed by atoms with Gasteiger partial charge in [0.05, 0.1) is 7.11 Å². The molecule has 146 valence electrons. The topological polar surface area (TPSA) is 21.3 Å². The Morgan fingerprint density at radius 2 is 1.39 bits per heavy atom. The first kappa shape index (κ1) is 20.4. The summed E-state index contributed by atoms with van der Waals surface area (Å²) in [6.45, 7) is 2.98. The quantitative estimate of drug-likeness (QED) is 0.477.